The van der Waals surface area contributed by atoms with E-state index in [0.717, 1.165) is 5.39 Å². The zero-order valence-electron chi connectivity index (χ0n) is 12.4. The SMILES string of the molecule is CC(=O)OCc1nc2ccc3ccc(OC(C)=O)c(Cl)c3c2o1. The van der Waals surface area contributed by atoms with Gasteiger partial charge in [-0.25, -0.2) is 4.98 Å². The number of nitrogens with zero attached hydrogens (tertiary/aromatic N) is 1. The highest BCUT2D eigenvalue weighted by Crippen LogP contribution is 2.37. The maximum atomic E-state index is 11.2. The number of ether oxygens (including phenoxy) is 2. The molecule has 0 unspecified atom stereocenters. The van der Waals surface area contributed by atoms with Crippen molar-refractivity contribution in [2.45, 2.75) is 20.5 Å². The maximum absolute atomic E-state index is 11.2. The second-order valence-corrected chi connectivity index (χ2v) is 5.25. The number of benzene rings is 2. The van der Waals surface area contributed by atoms with Gasteiger partial charge in [0.1, 0.15) is 11.3 Å². The molecule has 0 saturated heterocycles. The number of oxazole rings is 1. The molecule has 23 heavy (non-hydrogen) atoms. The number of hydrogen-bond donors (Lipinski definition) is 0. The number of carbonyl (C=O) groups is 2. The summed E-state index contributed by atoms with van der Waals surface area (Å²) in [6.45, 7) is 2.54. The standard InChI is InChI=1S/C16H12ClNO5/c1-8(19)21-7-13-18-11-5-3-10-4-6-12(22-9(2)20)15(17)14(10)16(11)23-13/h3-6H,7H2,1-2H3. The lowest BCUT2D eigenvalue weighted by Crippen LogP contribution is -2.01. The Labute approximate surface area is 135 Å². The summed E-state index contributed by atoms with van der Waals surface area (Å²) in [6.07, 6.45) is 0. The van der Waals surface area contributed by atoms with Crippen molar-refractivity contribution in [1.29, 1.82) is 0 Å². The summed E-state index contributed by atoms with van der Waals surface area (Å²) in [6, 6.07) is 7.00. The Morgan fingerprint density at radius 3 is 2.61 bits per heavy atom. The smallest absolute Gasteiger partial charge is 0.308 e. The predicted octanol–water partition coefficient (Wildman–Crippen LogP) is 3.62. The molecule has 0 bridgehead atoms. The van der Waals surface area contributed by atoms with Crippen LogP contribution in [0.25, 0.3) is 21.9 Å². The monoisotopic (exact) mass is 333 g/mol. The minimum absolute atomic E-state index is 0.0627. The van der Waals surface area contributed by atoms with E-state index in [2.05, 4.69) is 4.98 Å². The molecule has 7 heteroatoms. The Morgan fingerprint density at radius 1 is 1.17 bits per heavy atom. The average Bonchev–Trinajstić information content (AvgIpc) is 2.90. The first-order valence-corrected chi connectivity index (χ1v) is 7.16. The highest BCUT2D eigenvalue weighted by atomic mass is 35.5. The maximum Gasteiger partial charge on any atom is 0.308 e. The van der Waals surface area contributed by atoms with Crippen LogP contribution in [0.5, 0.6) is 5.75 Å². The lowest BCUT2D eigenvalue weighted by Gasteiger charge is -2.07. The average molecular weight is 334 g/mol. The number of fused-ring (bicyclic) bond motifs is 3. The number of esters is 2. The number of aromatic nitrogens is 1. The van der Waals surface area contributed by atoms with Gasteiger partial charge in [-0.3, -0.25) is 9.59 Å². The number of hydrogen-bond acceptors (Lipinski definition) is 6. The third-order valence-corrected chi connectivity index (χ3v) is 3.51. The van der Waals surface area contributed by atoms with Gasteiger partial charge in [0, 0.05) is 19.2 Å². The van der Waals surface area contributed by atoms with Gasteiger partial charge in [0.2, 0.25) is 5.89 Å². The molecule has 0 aliphatic rings. The molecule has 0 N–H and O–H groups in total. The number of rotatable bonds is 3. The van der Waals surface area contributed by atoms with Crippen molar-refractivity contribution in [1.82, 2.24) is 4.98 Å². The summed E-state index contributed by atoms with van der Waals surface area (Å²) < 4.78 is 15.6. The van der Waals surface area contributed by atoms with E-state index in [-0.39, 0.29) is 23.3 Å². The summed E-state index contributed by atoms with van der Waals surface area (Å²) in [5, 5.41) is 1.66. The van der Waals surface area contributed by atoms with Crippen molar-refractivity contribution in [3.8, 4) is 5.75 Å². The largest absolute Gasteiger partial charge is 0.456 e. The first kappa shape index (κ1) is 15.3. The van der Waals surface area contributed by atoms with Gasteiger partial charge in [0.25, 0.3) is 0 Å². The lowest BCUT2D eigenvalue weighted by molar-refractivity contribution is -0.142. The zero-order chi connectivity index (χ0) is 16.6. The highest BCUT2D eigenvalue weighted by Gasteiger charge is 2.16. The molecule has 6 nitrogen and oxygen atoms in total. The van der Waals surface area contributed by atoms with Crippen LogP contribution in [-0.2, 0) is 20.9 Å². The summed E-state index contributed by atoms with van der Waals surface area (Å²) in [4.78, 5) is 26.3. The van der Waals surface area contributed by atoms with E-state index in [4.69, 9.17) is 25.5 Å². The number of carbonyl (C=O) groups excluding carboxylic acids is 2. The molecule has 1 heterocycles. The van der Waals surface area contributed by atoms with Crippen LogP contribution in [0.4, 0.5) is 0 Å². The first-order chi connectivity index (χ1) is 11.0. The molecule has 0 amide bonds. The fraction of sp³-hybridized carbons (Fsp3) is 0.188. The van der Waals surface area contributed by atoms with Gasteiger partial charge in [-0.15, -0.1) is 0 Å². The molecular weight excluding hydrogens is 322 g/mol. The van der Waals surface area contributed by atoms with Crippen molar-refractivity contribution in [2.24, 2.45) is 0 Å². The van der Waals surface area contributed by atoms with Crippen LogP contribution < -0.4 is 4.74 Å². The van der Waals surface area contributed by atoms with Crippen LogP contribution >= 0.6 is 11.6 Å². The van der Waals surface area contributed by atoms with Crippen molar-refractivity contribution in [2.75, 3.05) is 0 Å². The third-order valence-electron chi connectivity index (χ3n) is 3.14. The summed E-state index contributed by atoms with van der Waals surface area (Å²) in [5.41, 5.74) is 1.02. The zero-order valence-corrected chi connectivity index (χ0v) is 13.1. The fourth-order valence-electron chi connectivity index (χ4n) is 2.24. The van der Waals surface area contributed by atoms with Crippen LogP contribution in [0.3, 0.4) is 0 Å². The molecule has 0 aliphatic heterocycles. The van der Waals surface area contributed by atoms with Crippen LogP contribution in [0.2, 0.25) is 5.02 Å². The highest BCUT2D eigenvalue weighted by molar-refractivity contribution is 6.39. The minimum Gasteiger partial charge on any atom is -0.456 e. The van der Waals surface area contributed by atoms with Crippen molar-refractivity contribution >= 4 is 45.4 Å². The molecule has 3 rings (SSSR count). The van der Waals surface area contributed by atoms with Crippen molar-refractivity contribution in [3.63, 3.8) is 0 Å². The molecular formula is C16H12ClNO5. The fourth-order valence-corrected chi connectivity index (χ4v) is 2.54. The molecule has 118 valence electrons. The molecule has 3 aromatic rings. The Hall–Kier alpha value is -2.60. The topological polar surface area (TPSA) is 78.6 Å². The Bertz CT molecular complexity index is 931. The molecule has 0 atom stereocenters. The van der Waals surface area contributed by atoms with Crippen LogP contribution in [0, 0.1) is 0 Å². The Kier molecular flexibility index (Phi) is 3.92. The molecule has 0 aliphatic carbocycles. The van der Waals surface area contributed by atoms with Crippen molar-refractivity contribution < 1.29 is 23.5 Å². The van der Waals surface area contributed by atoms with Gasteiger partial charge < -0.3 is 13.9 Å². The predicted molar refractivity (Wildman–Crippen MR) is 83.3 cm³/mol. The Morgan fingerprint density at radius 2 is 1.91 bits per heavy atom. The van der Waals surface area contributed by atoms with Crippen LogP contribution in [0.15, 0.2) is 28.7 Å². The second kappa shape index (κ2) is 5.89. The molecule has 1 aromatic heterocycles. The van der Waals surface area contributed by atoms with Crippen molar-refractivity contribution in [3.05, 3.63) is 35.2 Å². The quantitative estimate of drug-likeness (QED) is 0.538. The minimum atomic E-state index is -0.466. The normalized spacial score (nSPS) is 10.9. The number of halogens is 1. The van der Waals surface area contributed by atoms with E-state index >= 15 is 0 Å². The molecule has 2 aromatic carbocycles. The van der Waals surface area contributed by atoms with Crippen LogP contribution in [0.1, 0.15) is 19.7 Å². The van der Waals surface area contributed by atoms with Gasteiger partial charge in [0.05, 0.1) is 5.02 Å². The van der Waals surface area contributed by atoms with E-state index in [1.807, 2.05) is 6.07 Å². The molecule has 0 spiro atoms. The van der Waals surface area contributed by atoms with Gasteiger partial charge in [-0.05, 0) is 17.5 Å². The molecule has 0 saturated carbocycles. The van der Waals surface area contributed by atoms with Gasteiger partial charge in [0.15, 0.2) is 12.2 Å². The lowest BCUT2D eigenvalue weighted by atomic mass is 10.1. The second-order valence-electron chi connectivity index (χ2n) is 4.87. The van der Waals surface area contributed by atoms with Gasteiger partial charge in [-0.2, -0.15) is 0 Å². The Balaban J connectivity index is 2.15. The third kappa shape index (κ3) is 2.98. The molecule has 0 fully saturated rings. The summed E-state index contributed by atoms with van der Waals surface area (Å²) in [7, 11) is 0. The van der Waals surface area contributed by atoms with E-state index in [0.29, 0.717) is 16.5 Å². The summed E-state index contributed by atoms with van der Waals surface area (Å²) >= 11 is 6.35. The summed E-state index contributed by atoms with van der Waals surface area (Å²) in [5.74, 6) is -0.382. The first-order valence-electron chi connectivity index (χ1n) is 6.78. The molecule has 0 radical (unpaired) electrons. The van der Waals surface area contributed by atoms with Crippen LogP contribution in [-0.4, -0.2) is 16.9 Å². The van der Waals surface area contributed by atoms with E-state index in [1.165, 1.54) is 13.8 Å². The van der Waals surface area contributed by atoms with E-state index in [1.54, 1.807) is 18.2 Å². The van der Waals surface area contributed by atoms with E-state index < -0.39 is 11.9 Å². The van der Waals surface area contributed by atoms with Gasteiger partial charge in [-0.1, -0.05) is 23.7 Å². The van der Waals surface area contributed by atoms with Gasteiger partial charge >= 0.3 is 11.9 Å². The van der Waals surface area contributed by atoms with E-state index in [9.17, 15) is 9.59 Å².